The molecule has 4 nitrogen and oxygen atoms in total. The van der Waals surface area contributed by atoms with Crippen LogP contribution in [0.15, 0.2) is 60.7 Å². The Kier molecular flexibility index (Phi) is 5.29. The molecule has 128 valence electrons. The summed E-state index contributed by atoms with van der Waals surface area (Å²) in [7, 11) is 0. The fraction of sp³-hybridized carbons (Fsp3) is 0.238. The monoisotopic (exact) mass is 332 g/mol. The van der Waals surface area contributed by atoms with Crippen LogP contribution in [0.25, 0.3) is 0 Å². The molecule has 0 unspecified atom stereocenters. The summed E-state index contributed by atoms with van der Waals surface area (Å²) in [5, 5.41) is 3.46. The Hall–Kier alpha value is -2.88. The number of rotatable bonds is 6. The first-order valence-electron chi connectivity index (χ1n) is 8.74. The summed E-state index contributed by atoms with van der Waals surface area (Å²) in [6.45, 7) is 7.07. The third-order valence-electron chi connectivity index (χ3n) is 4.13. The van der Waals surface area contributed by atoms with E-state index in [9.17, 15) is 0 Å². The van der Waals surface area contributed by atoms with Crippen molar-refractivity contribution in [1.29, 1.82) is 0 Å². The van der Waals surface area contributed by atoms with Crippen molar-refractivity contribution in [2.75, 3.05) is 16.8 Å². The molecule has 0 aliphatic rings. The fourth-order valence-corrected chi connectivity index (χ4v) is 2.87. The summed E-state index contributed by atoms with van der Waals surface area (Å²) >= 11 is 0. The molecule has 0 bridgehead atoms. The Bertz CT molecular complexity index is 830. The first-order chi connectivity index (χ1) is 12.2. The summed E-state index contributed by atoms with van der Waals surface area (Å²) in [5.41, 5.74) is 4.40. The van der Waals surface area contributed by atoms with Crippen molar-refractivity contribution in [2.45, 2.75) is 27.2 Å². The first-order valence-corrected chi connectivity index (χ1v) is 8.74. The van der Waals surface area contributed by atoms with E-state index >= 15 is 0 Å². The lowest BCUT2D eigenvalue weighted by Gasteiger charge is -2.22. The summed E-state index contributed by atoms with van der Waals surface area (Å²) in [5.74, 6) is 1.53. The third kappa shape index (κ3) is 3.97. The fourth-order valence-electron chi connectivity index (χ4n) is 2.87. The van der Waals surface area contributed by atoms with Crippen LogP contribution in [-0.4, -0.2) is 16.5 Å². The van der Waals surface area contributed by atoms with Crippen molar-refractivity contribution in [3.63, 3.8) is 0 Å². The van der Waals surface area contributed by atoms with E-state index < -0.39 is 0 Å². The van der Waals surface area contributed by atoms with Crippen LogP contribution in [0.1, 0.15) is 25.1 Å². The smallest absolute Gasteiger partial charge is 0.232 e. The van der Waals surface area contributed by atoms with E-state index in [0.717, 1.165) is 35.9 Å². The zero-order chi connectivity index (χ0) is 17.6. The molecule has 0 spiro atoms. The van der Waals surface area contributed by atoms with Crippen molar-refractivity contribution in [3.05, 3.63) is 71.9 Å². The van der Waals surface area contributed by atoms with Crippen LogP contribution in [0.3, 0.4) is 0 Å². The minimum Gasteiger partial charge on any atom is -0.340 e. The van der Waals surface area contributed by atoms with Crippen LogP contribution < -0.4 is 10.2 Å². The van der Waals surface area contributed by atoms with Gasteiger partial charge in [0.1, 0.15) is 5.82 Å². The Morgan fingerprint density at radius 1 is 0.920 bits per heavy atom. The number of nitrogens with zero attached hydrogens (tertiary/aromatic N) is 3. The number of aromatic nitrogens is 2. The van der Waals surface area contributed by atoms with Gasteiger partial charge in [-0.1, -0.05) is 43.3 Å². The zero-order valence-corrected chi connectivity index (χ0v) is 15.0. The van der Waals surface area contributed by atoms with Crippen molar-refractivity contribution >= 4 is 23.1 Å². The molecule has 1 N–H and O–H groups in total. The predicted molar refractivity (Wildman–Crippen MR) is 105 cm³/mol. The van der Waals surface area contributed by atoms with Crippen LogP contribution in [0, 0.1) is 6.92 Å². The van der Waals surface area contributed by atoms with Crippen molar-refractivity contribution in [2.24, 2.45) is 0 Å². The Balaban J connectivity index is 1.95. The largest absolute Gasteiger partial charge is 0.340 e. The second-order valence-electron chi connectivity index (χ2n) is 5.91. The van der Waals surface area contributed by atoms with Gasteiger partial charge < -0.3 is 10.2 Å². The molecule has 4 heteroatoms. The number of hydrogen-bond donors (Lipinski definition) is 1. The van der Waals surface area contributed by atoms with Gasteiger partial charge in [-0.15, -0.1) is 0 Å². The molecule has 0 saturated carbocycles. The number of benzene rings is 2. The molecule has 1 aromatic heterocycles. The summed E-state index contributed by atoms with van der Waals surface area (Å²) in [4.78, 5) is 11.5. The van der Waals surface area contributed by atoms with E-state index in [-0.39, 0.29) is 0 Å². The Labute approximate surface area is 149 Å². The minimum atomic E-state index is 0.713. The highest BCUT2D eigenvalue weighted by molar-refractivity contribution is 5.64. The molecule has 0 fully saturated rings. The van der Waals surface area contributed by atoms with Crippen LogP contribution in [0.4, 0.5) is 23.1 Å². The van der Waals surface area contributed by atoms with E-state index in [4.69, 9.17) is 4.98 Å². The Morgan fingerprint density at radius 3 is 2.36 bits per heavy atom. The number of nitrogens with one attached hydrogen (secondary N) is 1. The third-order valence-corrected chi connectivity index (χ3v) is 4.13. The standard InChI is InChI=1S/C21H24N4/c1-4-17-11-9-10-14-19(17)23-20-15-16(3)22-21(24-20)25(5-2)18-12-7-6-8-13-18/h6-15H,4-5H2,1-3H3,(H,22,23,24). The Morgan fingerprint density at radius 2 is 1.64 bits per heavy atom. The SMILES string of the molecule is CCc1ccccc1Nc1cc(C)nc(N(CC)c2ccccc2)n1. The van der Waals surface area contributed by atoms with E-state index in [1.165, 1.54) is 5.56 Å². The molecule has 2 aromatic carbocycles. The average molecular weight is 332 g/mol. The number of aryl methyl sites for hydroxylation is 2. The van der Waals surface area contributed by atoms with Gasteiger partial charge in [0.05, 0.1) is 0 Å². The van der Waals surface area contributed by atoms with Crippen molar-refractivity contribution in [1.82, 2.24) is 9.97 Å². The van der Waals surface area contributed by atoms with Crippen molar-refractivity contribution < 1.29 is 0 Å². The quantitative estimate of drug-likeness (QED) is 0.669. The van der Waals surface area contributed by atoms with Gasteiger partial charge in [-0.25, -0.2) is 4.98 Å². The van der Waals surface area contributed by atoms with Gasteiger partial charge in [0, 0.05) is 29.7 Å². The van der Waals surface area contributed by atoms with Gasteiger partial charge in [0.25, 0.3) is 0 Å². The number of para-hydroxylation sites is 2. The molecule has 0 amide bonds. The second-order valence-corrected chi connectivity index (χ2v) is 5.91. The molecule has 0 aliphatic carbocycles. The summed E-state index contributed by atoms with van der Waals surface area (Å²) in [6, 6.07) is 20.5. The van der Waals surface area contributed by atoms with Gasteiger partial charge in [-0.05, 0) is 44.0 Å². The summed E-state index contributed by atoms with van der Waals surface area (Å²) < 4.78 is 0. The maximum absolute atomic E-state index is 4.76. The minimum absolute atomic E-state index is 0.713. The predicted octanol–water partition coefficient (Wildman–Crippen LogP) is 5.25. The van der Waals surface area contributed by atoms with Crippen LogP contribution in [0.5, 0.6) is 0 Å². The lowest BCUT2D eigenvalue weighted by Crippen LogP contribution is -2.19. The maximum Gasteiger partial charge on any atom is 0.232 e. The van der Waals surface area contributed by atoms with Crippen molar-refractivity contribution in [3.8, 4) is 0 Å². The second kappa shape index (κ2) is 7.79. The molecule has 0 atom stereocenters. The van der Waals surface area contributed by atoms with Gasteiger partial charge in [-0.2, -0.15) is 4.98 Å². The highest BCUT2D eigenvalue weighted by Crippen LogP contribution is 2.25. The average Bonchev–Trinajstić information content (AvgIpc) is 2.63. The molecule has 0 aliphatic heterocycles. The molecule has 3 rings (SSSR count). The lowest BCUT2D eigenvalue weighted by molar-refractivity contribution is 0.936. The molecule has 0 radical (unpaired) electrons. The molecule has 0 saturated heterocycles. The molecular formula is C21H24N4. The number of hydrogen-bond acceptors (Lipinski definition) is 4. The maximum atomic E-state index is 4.76. The van der Waals surface area contributed by atoms with Crippen LogP contribution >= 0.6 is 0 Å². The molecule has 3 aromatic rings. The normalized spacial score (nSPS) is 10.5. The van der Waals surface area contributed by atoms with Gasteiger partial charge >= 0.3 is 0 Å². The highest BCUT2D eigenvalue weighted by atomic mass is 15.3. The van der Waals surface area contributed by atoms with Gasteiger partial charge in [-0.3, -0.25) is 0 Å². The lowest BCUT2D eigenvalue weighted by atomic mass is 10.1. The topological polar surface area (TPSA) is 41.1 Å². The van der Waals surface area contributed by atoms with E-state index in [1.807, 2.05) is 37.3 Å². The van der Waals surface area contributed by atoms with Gasteiger partial charge in [0.2, 0.25) is 5.95 Å². The first kappa shape index (κ1) is 17.0. The van der Waals surface area contributed by atoms with Gasteiger partial charge in [0.15, 0.2) is 0 Å². The van der Waals surface area contributed by atoms with Crippen LogP contribution in [0.2, 0.25) is 0 Å². The van der Waals surface area contributed by atoms with E-state index in [1.54, 1.807) is 0 Å². The highest BCUT2D eigenvalue weighted by Gasteiger charge is 2.12. The summed E-state index contributed by atoms with van der Waals surface area (Å²) in [6.07, 6.45) is 0.977. The van der Waals surface area contributed by atoms with E-state index in [2.05, 4.69) is 59.4 Å². The molecule has 1 heterocycles. The molecule has 25 heavy (non-hydrogen) atoms. The molecular weight excluding hydrogens is 308 g/mol. The van der Waals surface area contributed by atoms with Crippen LogP contribution in [-0.2, 0) is 6.42 Å². The zero-order valence-electron chi connectivity index (χ0n) is 15.0. The number of anilines is 4. The van der Waals surface area contributed by atoms with E-state index in [0.29, 0.717) is 5.95 Å².